The number of halogens is 1. The maximum Gasteiger partial charge on any atom is 0.161 e. The Morgan fingerprint density at radius 3 is 2.35 bits per heavy atom. The van der Waals surface area contributed by atoms with Gasteiger partial charge in [0.05, 0.1) is 14.2 Å². The smallest absolute Gasteiger partial charge is 0.161 e. The van der Waals surface area contributed by atoms with Crippen LogP contribution in [0.4, 0.5) is 0 Å². The summed E-state index contributed by atoms with van der Waals surface area (Å²) in [7, 11) is 3.22. The molecule has 2 rings (SSSR count). The van der Waals surface area contributed by atoms with Crippen LogP contribution < -0.4 is 25.6 Å². The Hall–Kier alpha value is -1.33. The molecular weight excluding hydrogens is 284 g/mol. The van der Waals surface area contributed by atoms with Gasteiger partial charge in [0.15, 0.2) is 11.5 Å². The zero-order valence-electron chi connectivity index (χ0n) is 9.61. The zero-order chi connectivity index (χ0) is 12.4. The van der Waals surface area contributed by atoms with E-state index < -0.39 is 0 Å². The molecule has 0 fully saturated rings. The number of fused-ring (bicyclic) bond motifs is 1. The van der Waals surface area contributed by atoms with Crippen LogP contribution in [0, 0.1) is 0 Å². The lowest BCUT2D eigenvalue weighted by molar-refractivity contribution is 0.354. The van der Waals surface area contributed by atoms with E-state index in [2.05, 4.69) is 20.9 Å². The Balaban J connectivity index is 2.73. The molecule has 1 aromatic rings. The molecule has 17 heavy (non-hydrogen) atoms. The average Bonchev–Trinajstić information content (AvgIpc) is 2.43. The quantitative estimate of drug-likeness (QED) is 0.857. The van der Waals surface area contributed by atoms with Gasteiger partial charge in [-0.15, -0.1) is 0 Å². The van der Waals surface area contributed by atoms with E-state index in [0.29, 0.717) is 16.1 Å². The summed E-state index contributed by atoms with van der Waals surface area (Å²) in [5.41, 5.74) is 5.84. The molecule has 0 aliphatic carbocycles. The fourth-order valence-corrected chi connectivity index (χ4v) is 2.19. The third-order valence-corrected chi connectivity index (χ3v) is 2.92. The summed E-state index contributed by atoms with van der Waals surface area (Å²) in [6, 6.07) is 3.80. The maximum atomic E-state index is 5.84. The van der Waals surface area contributed by atoms with Crippen molar-refractivity contribution in [2.24, 2.45) is 10.7 Å². The van der Waals surface area contributed by atoms with Gasteiger partial charge < -0.3 is 15.2 Å². The van der Waals surface area contributed by atoms with Gasteiger partial charge >= 0.3 is 0 Å². The molecule has 1 atom stereocenters. The summed E-state index contributed by atoms with van der Waals surface area (Å²) in [4.78, 5) is 4.22. The molecule has 0 saturated heterocycles. The van der Waals surface area contributed by atoms with Gasteiger partial charge in [0.2, 0.25) is 0 Å². The predicted molar refractivity (Wildman–Crippen MR) is 72.1 cm³/mol. The molecule has 0 aromatic heterocycles. The number of rotatable bonds is 2. The highest BCUT2D eigenvalue weighted by atomic mass is 79.9. The molecule has 5 heteroatoms. The molecule has 0 amide bonds. The number of nitrogens with zero attached hydrogens (tertiary/aromatic N) is 1. The van der Waals surface area contributed by atoms with Crippen molar-refractivity contribution in [3.05, 3.63) is 22.6 Å². The first-order valence-corrected chi connectivity index (χ1v) is 5.88. The van der Waals surface area contributed by atoms with Gasteiger partial charge in [-0.3, -0.25) is 4.99 Å². The van der Waals surface area contributed by atoms with Crippen LogP contribution in [0.15, 0.2) is 17.1 Å². The summed E-state index contributed by atoms with van der Waals surface area (Å²) in [5, 5.41) is 1.97. The monoisotopic (exact) mass is 296 g/mol. The Labute approximate surface area is 108 Å². The molecule has 0 radical (unpaired) electrons. The van der Waals surface area contributed by atoms with Crippen LogP contribution in [0.25, 0.3) is 12.2 Å². The highest BCUT2D eigenvalue weighted by Gasteiger charge is 2.07. The van der Waals surface area contributed by atoms with E-state index in [1.807, 2.05) is 24.3 Å². The molecule has 1 aliphatic rings. The predicted octanol–water partition coefficient (Wildman–Crippen LogP) is 0.357. The fraction of sp³-hybridized carbons (Fsp3) is 0.250. The van der Waals surface area contributed by atoms with E-state index in [-0.39, 0.29) is 6.17 Å². The molecule has 2 N–H and O–H groups in total. The summed E-state index contributed by atoms with van der Waals surface area (Å²) >= 11 is 3.35. The normalized spacial score (nSPS) is 18.1. The van der Waals surface area contributed by atoms with Crippen molar-refractivity contribution >= 4 is 32.7 Å². The number of nitrogens with two attached hydrogens (primary N) is 1. The van der Waals surface area contributed by atoms with Crippen molar-refractivity contribution in [2.75, 3.05) is 14.2 Å². The summed E-state index contributed by atoms with van der Waals surface area (Å²) in [6.45, 7) is 0. The topological polar surface area (TPSA) is 56.8 Å². The van der Waals surface area contributed by atoms with E-state index in [1.165, 1.54) is 0 Å². The first-order valence-electron chi connectivity index (χ1n) is 5.08. The lowest BCUT2D eigenvalue weighted by Crippen LogP contribution is -2.27. The van der Waals surface area contributed by atoms with Crippen molar-refractivity contribution in [2.45, 2.75) is 6.17 Å². The van der Waals surface area contributed by atoms with Gasteiger partial charge in [0, 0.05) is 0 Å². The van der Waals surface area contributed by atoms with Gasteiger partial charge in [0.25, 0.3) is 0 Å². The first kappa shape index (κ1) is 12.1. The Morgan fingerprint density at radius 1 is 1.18 bits per heavy atom. The number of ether oxygens (including phenoxy) is 2. The second-order valence-electron chi connectivity index (χ2n) is 3.59. The van der Waals surface area contributed by atoms with Crippen LogP contribution >= 0.6 is 15.9 Å². The maximum absolute atomic E-state index is 5.84. The van der Waals surface area contributed by atoms with Gasteiger partial charge in [-0.1, -0.05) is 0 Å². The fourth-order valence-electron chi connectivity index (χ4n) is 1.71. The van der Waals surface area contributed by atoms with E-state index in [4.69, 9.17) is 15.2 Å². The van der Waals surface area contributed by atoms with Crippen LogP contribution in [-0.2, 0) is 0 Å². The van der Waals surface area contributed by atoms with E-state index in [9.17, 15) is 0 Å². The summed E-state index contributed by atoms with van der Waals surface area (Å²) < 4.78 is 11.2. The highest BCUT2D eigenvalue weighted by Crippen LogP contribution is 2.22. The lowest BCUT2D eigenvalue weighted by Gasteiger charge is -2.07. The molecule has 1 unspecified atom stereocenters. The third-order valence-electron chi connectivity index (χ3n) is 2.49. The van der Waals surface area contributed by atoms with Gasteiger partial charge in [-0.25, -0.2) is 0 Å². The number of methoxy groups -OCH3 is 2. The van der Waals surface area contributed by atoms with Crippen molar-refractivity contribution in [3.63, 3.8) is 0 Å². The Morgan fingerprint density at radius 2 is 1.76 bits per heavy atom. The SMILES string of the molecule is COc1cc2c(cc1OC)=CC(N)N=C(Br)C=2. The van der Waals surface area contributed by atoms with Gasteiger partial charge in [0.1, 0.15) is 10.8 Å². The first-order chi connectivity index (χ1) is 8.13. The van der Waals surface area contributed by atoms with E-state index >= 15 is 0 Å². The minimum atomic E-state index is -0.361. The van der Waals surface area contributed by atoms with E-state index in [1.54, 1.807) is 14.2 Å². The number of aliphatic imine (C=N–C) groups is 1. The van der Waals surface area contributed by atoms with Crippen LogP contribution in [0.3, 0.4) is 0 Å². The van der Waals surface area contributed by atoms with Crippen LogP contribution in [0.2, 0.25) is 0 Å². The standard InChI is InChI=1S/C12H13BrN2O2/c1-16-9-3-7-5-11(13)15-12(14)6-8(7)4-10(9)17-2/h3-6,12H,14H2,1-2H3. The highest BCUT2D eigenvalue weighted by molar-refractivity contribution is 9.18. The molecule has 1 aliphatic heterocycles. The number of benzene rings is 1. The Kier molecular flexibility index (Phi) is 3.49. The Bertz CT molecular complexity index is 581. The molecule has 0 bridgehead atoms. The minimum Gasteiger partial charge on any atom is -0.493 e. The van der Waals surface area contributed by atoms with Crippen molar-refractivity contribution in [3.8, 4) is 11.5 Å². The molecule has 0 spiro atoms. The second kappa shape index (κ2) is 4.89. The minimum absolute atomic E-state index is 0.361. The lowest BCUT2D eigenvalue weighted by atomic mass is 10.2. The molecule has 1 aromatic carbocycles. The average molecular weight is 297 g/mol. The van der Waals surface area contributed by atoms with Crippen LogP contribution in [0.1, 0.15) is 0 Å². The van der Waals surface area contributed by atoms with Crippen molar-refractivity contribution in [1.82, 2.24) is 0 Å². The largest absolute Gasteiger partial charge is 0.493 e. The van der Waals surface area contributed by atoms with E-state index in [0.717, 1.165) is 10.4 Å². The molecule has 4 nitrogen and oxygen atoms in total. The molecule has 90 valence electrons. The number of hydrogen-bond donors (Lipinski definition) is 1. The van der Waals surface area contributed by atoms with Crippen LogP contribution in [-0.4, -0.2) is 25.0 Å². The van der Waals surface area contributed by atoms with Crippen LogP contribution in [0.5, 0.6) is 11.5 Å². The molecular formula is C12H13BrN2O2. The molecule has 1 heterocycles. The summed E-state index contributed by atoms with van der Waals surface area (Å²) in [5.74, 6) is 1.37. The molecule has 0 saturated carbocycles. The zero-order valence-corrected chi connectivity index (χ0v) is 11.2. The van der Waals surface area contributed by atoms with Gasteiger partial charge in [-0.2, -0.15) is 0 Å². The van der Waals surface area contributed by atoms with Gasteiger partial charge in [-0.05, 0) is 50.7 Å². The van der Waals surface area contributed by atoms with Crippen molar-refractivity contribution in [1.29, 1.82) is 0 Å². The number of hydrogen-bond acceptors (Lipinski definition) is 4. The second-order valence-corrected chi connectivity index (χ2v) is 4.40. The van der Waals surface area contributed by atoms with Crippen molar-refractivity contribution < 1.29 is 9.47 Å². The summed E-state index contributed by atoms with van der Waals surface area (Å²) in [6.07, 6.45) is 3.42. The third kappa shape index (κ3) is 2.50.